The lowest BCUT2D eigenvalue weighted by Gasteiger charge is -2.17. The highest BCUT2D eigenvalue weighted by Crippen LogP contribution is 2.08. The molecule has 0 aliphatic carbocycles. The summed E-state index contributed by atoms with van der Waals surface area (Å²) in [5.41, 5.74) is -0.753. The molecule has 1 atom stereocenters. The second kappa shape index (κ2) is 6.27. The van der Waals surface area contributed by atoms with Crippen LogP contribution in [0.1, 0.15) is 20.8 Å². The third kappa shape index (κ3) is 8.29. The molecule has 0 heterocycles. The molecule has 0 aromatic rings. The lowest BCUT2D eigenvalue weighted by molar-refractivity contribution is -0.168. The maximum absolute atomic E-state index is 12.2. The van der Waals surface area contributed by atoms with Gasteiger partial charge in [0, 0.05) is 12.2 Å². The van der Waals surface area contributed by atoms with E-state index in [-0.39, 0.29) is 0 Å². The van der Waals surface area contributed by atoms with Crippen LogP contribution < -0.4 is 0 Å². The second-order valence-corrected chi connectivity index (χ2v) is 3.99. The summed E-state index contributed by atoms with van der Waals surface area (Å²) in [4.78, 5) is 21.8. The number of esters is 2. The zero-order valence-electron chi connectivity index (χ0n) is 9.58. The third-order valence-electron chi connectivity index (χ3n) is 1.19. The van der Waals surface area contributed by atoms with E-state index in [9.17, 15) is 22.8 Å². The van der Waals surface area contributed by atoms with E-state index in [1.807, 2.05) is 0 Å². The maximum Gasteiger partial charge on any atom is 0.333 e. The number of halogens is 3. The third-order valence-corrected chi connectivity index (χ3v) is 1.19. The van der Waals surface area contributed by atoms with Crippen LogP contribution in [0.3, 0.4) is 0 Å². The Hall–Kier alpha value is -1.53. The first-order valence-corrected chi connectivity index (χ1v) is 4.65. The van der Waals surface area contributed by atoms with Gasteiger partial charge in [0.15, 0.2) is 0 Å². The molecule has 0 aliphatic heterocycles. The summed E-state index contributed by atoms with van der Waals surface area (Å²) < 4.78 is 43.9. The molecular weight excluding hydrogens is 241 g/mol. The van der Waals surface area contributed by atoms with Gasteiger partial charge >= 0.3 is 24.7 Å². The summed E-state index contributed by atoms with van der Waals surface area (Å²) >= 11 is 0. The first-order valence-electron chi connectivity index (χ1n) is 4.65. The van der Waals surface area contributed by atoms with Crippen LogP contribution in [-0.2, 0) is 19.1 Å². The van der Waals surface area contributed by atoms with Crippen molar-refractivity contribution in [2.45, 2.75) is 39.2 Å². The molecule has 0 amide bonds. The number of hydrogen-bond donors (Lipinski definition) is 0. The van der Waals surface area contributed by atoms with Crippen molar-refractivity contribution in [2.75, 3.05) is 0 Å². The van der Waals surface area contributed by atoms with Crippen LogP contribution in [0.4, 0.5) is 13.2 Å². The molecule has 0 aromatic carbocycles. The van der Waals surface area contributed by atoms with E-state index in [0.29, 0.717) is 12.2 Å². The maximum atomic E-state index is 12.2. The van der Waals surface area contributed by atoms with Crippen molar-refractivity contribution >= 4 is 11.9 Å². The predicted octanol–water partition coefficient (Wildman–Crippen LogP) is 1.99. The Labute approximate surface area is 96.4 Å². The first-order chi connectivity index (χ1) is 7.61. The van der Waals surface area contributed by atoms with Crippen LogP contribution in [0.2, 0.25) is 0 Å². The number of ether oxygens (including phenoxy) is 2. The normalized spacial score (nSPS) is 13.8. The first kappa shape index (κ1) is 15.5. The lowest BCUT2D eigenvalue weighted by atomic mass is 10.2. The smallest absolute Gasteiger partial charge is 0.333 e. The van der Waals surface area contributed by atoms with E-state index in [2.05, 4.69) is 4.74 Å². The van der Waals surface area contributed by atoms with Crippen molar-refractivity contribution in [3.05, 3.63) is 12.2 Å². The number of carbonyl (C=O) groups is 2. The standard InChI is InChI=1S/C10H13F3O4/c1-10(2,3)17-7(15)5-4-6(14)16-9(13)8(11)12/h4-5,8-9H,1-3H3. The average Bonchev–Trinajstić information content (AvgIpc) is 2.11. The molecule has 98 valence electrons. The van der Waals surface area contributed by atoms with Crippen LogP contribution in [0.25, 0.3) is 0 Å². The van der Waals surface area contributed by atoms with Crippen LogP contribution in [0.5, 0.6) is 0 Å². The van der Waals surface area contributed by atoms with E-state index in [0.717, 1.165) is 0 Å². The van der Waals surface area contributed by atoms with Gasteiger partial charge in [-0.15, -0.1) is 0 Å². The number of carbonyl (C=O) groups excluding carboxylic acids is 2. The summed E-state index contributed by atoms with van der Waals surface area (Å²) in [7, 11) is 0. The van der Waals surface area contributed by atoms with Gasteiger partial charge in [0.2, 0.25) is 0 Å². The quantitative estimate of drug-likeness (QED) is 0.568. The molecule has 0 aromatic heterocycles. The predicted molar refractivity (Wildman–Crippen MR) is 52.0 cm³/mol. The largest absolute Gasteiger partial charge is 0.457 e. The Balaban J connectivity index is 4.16. The molecule has 17 heavy (non-hydrogen) atoms. The van der Waals surface area contributed by atoms with E-state index >= 15 is 0 Å². The SMILES string of the molecule is CC(C)(C)OC(=O)C=CC(=O)OC(F)C(F)F. The highest BCUT2D eigenvalue weighted by Gasteiger charge is 2.22. The number of rotatable bonds is 4. The van der Waals surface area contributed by atoms with Gasteiger partial charge in [-0.25, -0.2) is 18.4 Å². The molecule has 0 radical (unpaired) electrons. The Morgan fingerprint density at radius 1 is 1.06 bits per heavy atom. The highest BCUT2D eigenvalue weighted by molar-refractivity contribution is 5.91. The van der Waals surface area contributed by atoms with Gasteiger partial charge < -0.3 is 9.47 Å². The van der Waals surface area contributed by atoms with Crippen LogP contribution in [0, 0.1) is 0 Å². The molecule has 0 saturated carbocycles. The van der Waals surface area contributed by atoms with Gasteiger partial charge in [-0.1, -0.05) is 0 Å². The van der Waals surface area contributed by atoms with E-state index in [1.54, 1.807) is 20.8 Å². The van der Waals surface area contributed by atoms with Gasteiger partial charge in [0.05, 0.1) is 0 Å². The highest BCUT2D eigenvalue weighted by atomic mass is 19.3. The molecule has 7 heteroatoms. The molecule has 0 fully saturated rings. The minimum Gasteiger partial charge on any atom is -0.457 e. The Kier molecular flexibility index (Phi) is 5.70. The van der Waals surface area contributed by atoms with Gasteiger partial charge in [0.1, 0.15) is 5.60 Å². The van der Waals surface area contributed by atoms with Crippen molar-refractivity contribution in [1.29, 1.82) is 0 Å². The fourth-order valence-electron chi connectivity index (χ4n) is 0.674. The summed E-state index contributed by atoms with van der Waals surface area (Å²) in [5, 5.41) is 0. The van der Waals surface area contributed by atoms with Crippen molar-refractivity contribution < 1.29 is 32.2 Å². The monoisotopic (exact) mass is 254 g/mol. The Bertz CT molecular complexity index is 307. The van der Waals surface area contributed by atoms with Crippen molar-refractivity contribution in [3.63, 3.8) is 0 Å². The molecular formula is C10H13F3O4. The minimum absolute atomic E-state index is 0.517. The van der Waals surface area contributed by atoms with Crippen LogP contribution in [0.15, 0.2) is 12.2 Å². The fraction of sp³-hybridized carbons (Fsp3) is 0.600. The zero-order chi connectivity index (χ0) is 13.6. The summed E-state index contributed by atoms with van der Waals surface area (Å²) in [6, 6.07) is 0. The lowest BCUT2D eigenvalue weighted by Crippen LogP contribution is -2.23. The Morgan fingerprint density at radius 2 is 1.53 bits per heavy atom. The summed E-state index contributed by atoms with van der Waals surface area (Å²) in [5.74, 6) is -2.24. The molecule has 0 rings (SSSR count). The minimum atomic E-state index is -3.42. The topological polar surface area (TPSA) is 52.6 Å². The van der Waals surface area contributed by atoms with Crippen molar-refractivity contribution in [1.82, 2.24) is 0 Å². The van der Waals surface area contributed by atoms with Crippen LogP contribution in [-0.4, -0.2) is 30.3 Å². The molecule has 0 aliphatic rings. The molecule has 0 saturated heterocycles. The van der Waals surface area contributed by atoms with Gasteiger partial charge in [-0.05, 0) is 20.8 Å². The molecule has 1 unspecified atom stereocenters. The Morgan fingerprint density at radius 3 is 1.94 bits per heavy atom. The van der Waals surface area contributed by atoms with Gasteiger partial charge in [-0.2, -0.15) is 4.39 Å². The summed E-state index contributed by atoms with van der Waals surface area (Å²) in [6.45, 7) is 4.81. The molecule has 0 spiro atoms. The van der Waals surface area contributed by atoms with E-state index in [1.165, 1.54) is 0 Å². The second-order valence-electron chi connectivity index (χ2n) is 3.99. The van der Waals surface area contributed by atoms with E-state index in [4.69, 9.17) is 4.74 Å². The number of hydrogen-bond acceptors (Lipinski definition) is 4. The van der Waals surface area contributed by atoms with Crippen molar-refractivity contribution in [2.24, 2.45) is 0 Å². The molecule has 0 N–H and O–H groups in total. The average molecular weight is 254 g/mol. The van der Waals surface area contributed by atoms with Crippen molar-refractivity contribution in [3.8, 4) is 0 Å². The zero-order valence-corrected chi connectivity index (χ0v) is 9.58. The fourth-order valence-corrected chi connectivity index (χ4v) is 0.674. The molecule has 0 bridgehead atoms. The van der Waals surface area contributed by atoms with Gasteiger partial charge in [0.25, 0.3) is 0 Å². The van der Waals surface area contributed by atoms with Crippen LogP contribution >= 0.6 is 0 Å². The van der Waals surface area contributed by atoms with E-state index < -0.39 is 30.3 Å². The summed E-state index contributed by atoms with van der Waals surface area (Å²) in [6.07, 6.45) is -5.24. The molecule has 4 nitrogen and oxygen atoms in total. The number of alkyl halides is 3. The van der Waals surface area contributed by atoms with Gasteiger partial charge in [-0.3, -0.25) is 0 Å².